The first-order chi connectivity index (χ1) is 9.89. The summed E-state index contributed by atoms with van der Waals surface area (Å²) in [5.41, 5.74) is 0. The second kappa shape index (κ2) is 5.20. The monoisotopic (exact) mass is 345 g/mol. The van der Waals surface area contributed by atoms with E-state index in [1.165, 1.54) is 7.05 Å². The van der Waals surface area contributed by atoms with Crippen LogP contribution >= 0.6 is 22.9 Å². The molecule has 0 unspecified atom stereocenters. The molecule has 1 aliphatic rings. The third-order valence-electron chi connectivity index (χ3n) is 3.42. The molecule has 3 rings (SSSR count). The molecule has 21 heavy (non-hydrogen) atoms. The molecule has 0 saturated carbocycles. The van der Waals surface area contributed by atoms with E-state index in [1.807, 2.05) is 0 Å². The van der Waals surface area contributed by atoms with Gasteiger partial charge in [0.1, 0.15) is 20.2 Å². The molecule has 0 radical (unpaired) electrons. The van der Waals surface area contributed by atoms with E-state index in [4.69, 9.17) is 11.6 Å². The van der Waals surface area contributed by atoms with E-state index >= 15 is 0 Å². The van der Waals surface area contributed by atoms with Gasteiger partial charge in [0.05, 0.1) is 0 Å². The summed E-state index contributed by atoms with van der Waals surface area (Å²) in [4.78, 5) is 16.3. The molecule has 3 heterocycles. The van der Waals surface area contributed by atoms with E-state index in [1.54, 1.807) is 18.2 Å². The van der Waals surface area contributed by atoms with E-state index < -0.39 is 16.1 Å². The summed E-state index contributed by atoms with van der Waals surface area (Å²) in [6.07, 6.45) is 0.476. The first-order valence-electron chi connectivity index (χ1n) is 6.21. The van der Waals surface area contributed by atoms with Gasteiger partial charge in [0.15, 0.2) is 0 Å². The van der Waals surface area contributed by atoms with E-state index in [0.717, 1.165) is 15.6 Å². The largest absolute Gasteiger partial charge is 0.355 e. The number of sulfonamides is 1. The Kier molecular flexibility index (Phi) is 3.64. The van der Waals surface area contributed by atoms with Gasteiger partial charge in [-0.2, -0.15) is 4.31 Å². The Hall–Kier alpha value is -1.22. The molecule has 1 saturated heterocycles. The Morgan fingerprint density at radius 1 is 1.48 bits per heavy atom. The van der Waals surface area contributed by atoms with Crippen molar-refractivity contribution in [2.24, 2.45) is 0 Å². The van der Waals surface area contributed by atoms with Crippen molar-refractivity contribution in [3.63, 3.8) is 0 Å². The number of hydrogen-bond acceptors (Lipinski definition) is 5. The fraction of sp³-hybridized carbons (Fsp3) is 0.333. The first-order valence-corrected chi connectivity index (χ1v) is 8.85. The van der Waals surface area contributed by atoms with Gasteiger partial charge in [0.2, 0.25) is 5.91 Å². The van der Waals surface area contributed by atoms with Crippen LogP contribution < -0.4 is 5.32 Å². The van der Waals surface area contributed by atoms with Crippen molar-refractivity contribution in [3.05, 3.63) is 23.4 Å². The molecule has 1 atom stereocenters. The van der Waals surface area contributed by atoms with Crippen LogP contribution in [-0.2, 0) is 14.8 Å². The lowest BCUT2D eigenvalue weighted by molar-refractivity contribution is -0.122. The Morgan fingerprint density at radius 3 is 2.90 bits per heavy atom. The first kappa shape index (κ1) is 14.7. The molecule has 2 aromatic heterocycles. The van der Waals surface area contributed by atoms with Gasteiger partial charge in [-0.05, 0) is 24.6 Å². The van der Waals surface area contributed by atoms with Crippen LogP contribution in [0.25, 0.3) is 10.2 Å². The van der Waals surface area contributed by atoms with Crippen molar-refractivity contribution in [1.82, 2.24) is 14.6 Å². The molecule has 0 spiro atoms. The molecule has 1 fully saturated rings. The zero-order valence-corrected chi connectivity index (χ0v) is 13.4. The Bertz CT molecular complexity index is 818. The van der Waals surface area contributed by atoms with Gasteiger partial charge in [0.25, 0.3) is 10.0 Å². The van der Waals surface area contributed by atoms with Crippen molar-refractivity contribution in [1.29, 1.82) is 0 Å². The van der Waals surface area contributed by atoms with Crippen LogP contribution in [0.5, 0.6) is 0 Å². The lowest BCUT2D eigenvalue weighted by Crippen LogP contribution is -2.41. The van der Waals surface area contributed by atoms with Crippen LogP contribution in [0.15, 0.2) is 22.4 Å². The molecular formula is C12H12ClN3O3S2. The molecule has 6 nitrogen and oxygen atoms in total. The number of carbonyl (C=O) groups excluding carboxylic acids is 1. The molecule has 0 aromatic carbocycles. The molecular weight excluding hydrogens is 334 g/mol. The van der Waals surface area contributed by atoms with Gasteiger partial charge in [-0.1, -0.05) is 11.6 Å². The molecule has 9 heteroatoms. The summed E-state index contributed by atoms with van der Waals surface area (Å²) in [5, 5.41) is 3.67. The quantitative estimate of drug-likeness (QED) is 0.854. The molecule has 0 aliphatic carbocycles. The van der Waals surface area contributed by atoms with Gasteiger partial charge >= 0.3 is 0 Å². The predicted molar refractivity (Wildman–Crippen MR) is 81.0 cm³/mol. The Morgan fingerprint density at radius 2 is 2.24 bits per heavy atom. The lowest BCUT2D eigenvalue weighted by atomic mass is 10.3. The van der Waals surface area contributed by atoms with Crippen molar-refractivity contribution < 1.29 is 13.2 Å². The van der Waals surface area contributed by atoms with E-state index in [-0.39, 0.29) is 10.1 Å². The minimum atomic E-state index is -3.72. The normalized spacial score (nSPS) is 19.4. The summed E-state index contributed by atoms with van der Waals surface area (Å²) in [6, 6.07) is 4.24. The number of fused-ring (bicyclic) bond motifs is 1. The highest BCUT2D eigenvalue weighted by atomic mass is 35.5. The number of rotatable bonds is 3. The maximum absolute atomic E-state index is 12.6. The van der Waals surface area contributed by atoms with Gasteiger partial charge < -0.3 is 5.32 Å². The zero-order valence-electron chi connectivity index (χ0n) is 11.0. The fourth-order valence-electron chi connectivity index (χ4n) is 2.24. The smallest absolute Gasteiger partial charge is 0.253 e. The van der Waals surface area contributed by atoms with Crippen molar-refractivity contribution >= 4 is 49.1 Å². The highest BCUT2D eigenvalue weighted by Crippen LogP contribution is 2.31. The van der Waals surface area contributed by atoms with E-state index in [0.29, 0.717) is 28.3 Å². The highest BCUT2D eigenvalue weighted by Gasteiger charge is 2.36. The molecule has 2 aromatic rings. The molecule has 1 amide bonds. The zero-order chi connectivity index (χ0) is 15.2. The summed E-state index contributed by atoms with van der Waals surface area (Å²) >= 11 is 6.86. The van der Waals surface area contributed by atoms with Gasteiger partial charge in [-0.3, -0.25) is 4.79 Å². The van der Waals surface area contributed by atoms with Gasteiger partial charge in [-0.25, -0.2) is 13.4 Å². The number of thiophene rings is 1. The van der Waals surface area contributed by atoms with Crippen LogP contribution in [0, 0.1) is 0 Å². The Labute approximate surface area is 130 Å². The topological polar surface area (TPSA) is 79.4 Å². The molecule has 1 aliphatic heterocycles. The lowest BCUT2D eigenvalue weighted by Gasteiger charge is -2.20. The van der Waals surface area contributed by atoms with Crippen molar-refractivity contribution in [3.8, 4) is 0 Å². The third-order valence-corrected chi connectivity index (χ3v) is 6.99. The number of pyridine rings is 1. The van der Waals surface area contributed by atoms with E-state index in [2.05, 4.69) is 10.3 Å². The summed E-state index contributed by atoms with van der Waals surface area (Å²) < 4.78 is 26.5. The number of likely N-dealkylation sites (N-methyl/N-ethyl adjacent to an activating group) is 1. The summed E-state index contributed by atoms with van der Waals surface area (Å²) in [5.74, 6) is -0.261. The number of nitrogens with zero attached hydrogens (tertiary/aromatic N) is 2. The highest BCUT2D eigenvalue weighted by molar-refractivity contribution is 7.91. The maximum Gasteiger partial charge on any atom is 0.253 e. The maximum atomic E-state index is 12.6. The number of amides is 1. The van der Waals surface area contributed by atoms with Crippen LogP contribution in [0.1, 0.15) is 6.42 Å². The number of nitrogens with one attached hydrogen (secondary N) is 1. The van der Waals surface area contributed by atoms with Crippen molar-refractivity contribution in [2.75, 3.05) is 13.6 Å². The summed E-state index contributed by atoms with van der Waals surface area (Å²) in [6.45, 7) is 0.493. The van der Waals surface area contributed by atoms with Crippen LogP contribution in [0.2, 0.25) is 5.15 Å². The Balaban J connectivity index is 2.01. The van der Waals surface area contributed by atoms with Gasteiger partial charge in [-0.15, -0.1) is 11.3 Å². The standard InChI is InChI=1S/C12H12ClN3O3S2/c1-16(8-4-5-14-11(8)17)21(18,19)10-6-7-2-3-9(13)15-12(7)20-10/h2-3,6,8H,4-5H2,1H3,(H,14,17)/t8-/m0/s1. The van der Waals surface area contributed by atoms with E-state index in [9.17, 15) is 13.2 Å². The summed E-state index contributed by atoms with van der Waals surface area (Å²) in [7, 11) is -2.30. The number of aromatic nitrogens is 1. The molecule has 1 N–H and O–H groups in total. The minimum absolute atomic E-state index is 0.162. The second-order valence-electron chi connectivity index (χ2n) is 4.71. The van der Waals surface area contributed by atoms with Crippen LogP contribution in [-0.4, -0.2) is 43.2 Å². The third kappa shape index (κ3) is 2.52. The van der Waals surface area contributed by atoms with Crippen LogP contribution in [0.3, 0.4) is 0 Å². The number of hydrogen-bond donors (Lipinski definition) is 1. The average molecular weight is 346 g/mol. The number of carbonyl (C=O) groups is 1. The van der Waals surface area contributed by atoms with Crippen LogP contribution in [0.4, 0.5) is 0 Å². The SMILES string of the molecule is CN([C@H]1CCNC1=O)S(=O)(=O)c1cc2ccc(Cl)nc2s1. The predicted octanol–water partition coefficient (Wildman–Crippen LogP) is 1.46. The molecule has 112 valence electrons. The number of halogens is 1. The molecule has 0 bridgehead atoms. The fourth-order valence-corrected chi connectivity index (χ4v) is 5.31. The van der Waals surface area contributed by atoms with Gasteiger partial charge in [0, 0.05) is 19.0 Å². The van der Waals surface area contributed by atoms with Crippen molar-refractivity contribution in [2.45, 2.75) is 16.7 Å². The second-order valence-corrected chi connectivity index (χ2v) is 8.35. The minimum Gasteiger partial charge on any atom is -0.355 e. The average Bonchev–Trinajstić information content (AvgIpc) is 3.03.